The van der Waals surface area contributed by atoms with E-state index in [4.69, 9.17) is 27.9 Å². The van der Waals surface area contributed by atoms with Crippen LogP contribution >= 0.6 is 23.2 Å². The van der Waals surface area contributed by atoms with E-state index in [2.05, 4.69) is 15.6 Å². The van der Waals surface area contributed by atoms with E-state index in [0.29, 0.717) is 5.02 Å². The lowest BCUT2D eigenvalue weighted by Gasteiger charge is -2.15. The predicted octanol–water partition coefficient (Wildman–Crippen LogP) is 1.59. The van der Waals surface area contributed by atoms with Crippen molar-refractivity contribution in [3.8, 4) is 0 Å². The fourth-order valence-corrected chi connectivity index (χ4v) is 2.54. The number of halogens is 2. The van der Waals surface area contributed by atoms with Gasteiger partial charge in [0.1, 0.15) is 5.54 Å². The van der Waals surface area contributed by atoms with Gasteiger partial charge in [-0.3, -0.25) is 19.3 Å². The van der Waals surface area contributed by atoms with Crippen molar-refractivity contribution in [3.63, 3.8) is 0 Å². The summed E-state index contributed by atoms with van der Waals surface area (Å²) in [6.07, 6.45) is 1.07. The molecule has 2 heterocycles. The summed E-state index contributed by atoms with van der Waals surface area (Å²) in [7, 11) is 0. The Labute approximate surface area is 159 Å². The first-order valence-corrected chi connectivity index (χ1v) is 8.26. The van der Waals surface area contributed by atoms with Crippen molar-refractivity contribution in [3.05, 3.63) is 22.3 Å². The van der Waals surface area contributed by atoms with E-state index in [1.165, 1.54) is 12.3 Å². The number of aromatic nitrogens is 1. The van der Waals surface area contributed by atoms with Gasteiger partial charge < -0.3 is 15.4 Å². The molecule has 0 saturated carbocycles. The van der Waals surface area contributed by atoms with Gasteiger partial charge >= 0.3 is 12.0 Å². The van der Waals surface area contributed by atoms with E-state index < -0.39 is 36.0 Å². The fourth-order valence-electron chi connectivity index (χ4n) is 2.12. The summed E-state index contributed by atoms with van der Waals surface area (Å²) in [4.78, 5) is 51.9. The summed E-state index contributed by atoms with van der Waals surface area (Å²) in [5, 5.41) is 5.31. The van der Waals surface area contributed by atoms with Crippen LogP contribution in [-0.4, -0.2) is 52.4 Å². The number of rotatable bonds is 6. The monoisotopic (exact) mass is 402 g/mol. The van der Waals surface area contributed by atoms with Gasteiger partial charge in [-0.25, -0.2) is 9.78 Å². The predicted molar refractivity (Wildman–Crippen MR) is 92.8 cm³/mol. The molecule has 11 heteroatoms. The number of ether oxygens (including phenoxy) is 1. The number of carbonyl (C=O) groups excluding carboxylic acids is 4. The maximum atomic E-state index is 12.0. The highest BCUT2D eigenvalue weighted by Crippen LogP contribution is 2.22. The second-order valence-corrected chi connectivity index (χ2v) is 6.80. The van der Waals surface area contributed by atoms with Crippen LogP contribution in [-0.2, 0) is 19.1 Å². The lowest BCUT2D eigenvalue weighted by molar-refractivity contribution is -0.147. The Balaban J connectivity index is 1.77. The summed E-state index contributed by atoms with van der Waals surface area (Å²) in [5.74, 6) is -1.73. The molecule has 1 aliphatic rings. The van der Waals surface area contributed by atoms with Crippen LogP contribution in [0.3, 0.4) is 0 Å². The average Bonchev–Trinajstić information content (AvgIpc) is 2.74. The largest absolute Gasteiger partial charge is 0.456 e. The zero-order valence-electron chi connectivity index (χ0n) is 14.0. The molecule has 9 nitrogen and oxygen atoms in total. The molecule has 0 unspecified atom stereocenters. The average molecular weight is 403 g/mol. The molecule has 1 saturated heterocycles. The number of esters is 1. The molecular weight excluding hydrogens is 387 g/mol. The Morgan fingerprint density at radius 3 is 2.62 bits per heavy atom. The minimum Gasteiger partial charge on any atom is -0.456 e. The van der Waals surface area contributed by atoms with Gasteiger partial charge in [0.25, 0.3) is 11.8 Å². The number of nitrogens with zero attached hydrogens (tertiary/aromatic N) is 2. The van der Waals surface area contributed by atoms with E-state index >= 15 is 0 Å². The molecule has 0 aliphatic carbocycles. The Bertz CT molecular complexity index is 768. The maximum Gasteiger partial charge on any atom is 0.325 e. The molecule has 0 spiro atoms. The minimum absolute atomic E-state index is 0.0821. The SMILES string of the molecule is CC1(C)NC(=O)N(CCC(=O)OCC(=O)Nc2ncc(Cl)cc2Cl)C1=O. The molecular formula is C15H16Cl2N4O5. The molecule has 0 aromatic carbocycles. The van der Waals surface area contributed by atoms with Crippen molar-refractivity contribution in [1.29, 1.82) is 0 Å². The number of carbonyl (C=O) groups is 4. The van der Waals surface area contributed by atoms with Gasteiger partial charge in [-0.05, 0) is 19.9 Å². The van der Waals surface area contributed by atoms with Gasteiger partial charge in [0.2, 0.25) is 0 Å². The van der Waals surface area contributed by atoms with Crippen LogP contribution in [0.1, 0.15) is 20.3 Å². The van der Waals surface area contributed by atoms with Gasteiger partial charge in [0.15, 0.2) is 12.4 Å². The fraction of sp³-hybridized carbons (Fsp3) is 0.400. The van der Waals surface area contributed by atoms with Crippen molar-refractivity contribution in [2.45, 2.75) is 25.8 Å². The third kappa shape index (κ3) is 4.83. The molecule has 140 valence electrons. The van der Waals surface area contributed by atoms with Gasteiger partial charge in [-0.15, -0.1) is 0 Å². The molecule has 26 heavy (non-hydrogen) atoms. The molecule has 0 radical (unpaired) electrons. The van der Waals surface area contributed by atoms with Crippen molar-refractivity contribution >= 4 is 52.8 Å². The third-order valence-corrected chi connectivity index (χ3v) is 3.91. The van der Waals surface area contributed by atoms with Crippen molar-refractivity contribution in [1.82, 2.24) is 15.2 Å². The molecule has 4 amide bonds. The van der Waals surface area contributed by atoms with Crippen LogP contribution in [0.4, 0.5) is 10.6 Å². The van der Waals surface area contributed by atoms with Gasteiger partial charge in [-0.1, -0.05) is 23.2 Å². The minimum atomic E-state index is -1.01. The molecule has 2 rings (SSSR count). The summed E-state index contributed by atoms with van der Waals surface area (Å²) in [6.45, 7) is 2.42. The van der Waals surface area contributed by atoms with Gasteiger partial charge in [-0.2, -0.15) is 0 Å². The maximum absolute atomic E-state index is 12.0. The number of pyridine rings is 1. The van der Waals surface area contributed by atoms with Crippen LogP contribution in [0.5, 0.6) is 0 Å². The smallest absolute Gasteiger partial charge is 0.325 e. The number of anilines is 1. The van der Waals surface area contributed by atoms with E-state index in [-0.39, 0.29) is 23.8 Å². The highest BCUT2D eigenvalue weighted by atomic mass is 35.5. The standard InChI is InChI=1S/C15H16Cl2N4O5/c1-15(2)13(24)21(14(25)20-15)4-3-11(23)26-7-10(22)19-12-9(17)5-8(16)6-18-12/h5-6H,3-4,7H2,1-2H3,(H,20,25)(H,18,19,22). The van der Waals surface area contributed by atoms with Crippen molar-refractivity contribution in [2.75, 3.05) is 18.5 Å². The van der Waals surface area contributed by atoms with Gasteiger partial charge in [0, 0.05) is 12.7 Å². The Kier molecular flexibility index (Phi) is 6.04. The van der Waals surface area contributed by atoms with Crippen molar-refractivity contribution < 1.29 is 23.9 Å². The summed E-state index contributed by atoms with van der Waals surface area (Å²) >= 11 is 11.6. The first-order chi connectivity index (χ1) is 12.1. The number of hydrogen-bond donors (Lipinski definition) is 2. The highest BCUT2D eigenvalue weighted by molar-refractivity contribution is 6.36. The molecule has 1 aromatic rings. The molecule has 1 aliphatic heterocycles. The summed E-state index contributed by atoms with van der Waals surface area (Å²) in [5.41, 5.74) is -1.01. The lowest BCUT2D eigenvalue weighted by atomic mass is 10.1. The molecule has 0 bridgehead atoms. The van der Waals surface area contributed by atoms with Gasteiger partial charge in [0.05, 0.1) is 16.5 Å². The first kappa shape index (κ1) is 19.9. The van der Waals surface area contributed by atoms with Crippen molar-refractivity contribution in [2.24, 2.45) is 0 Å². The zero-order valence-corrected chi connectivity index (χ0v) is 15.5. The highest BCUT2D eigenvalue weighted by Gasteiger charge is 2.44. The first-order valence-electron chi connectivity index (χ1n) is 7.51. The summed E-state index contributed by atoms with van der Waals surface area (Å²) < 4.78 is 4.80. The van der Waals surface area contributed by atoms with Crippen LogP contribution in [0.25, 0.3) is 0 Å². The Morgan fingerprint density at radius 1 is 1.35 bits per heavy atom. The third-order valence-electron chi connectivity index (χ3n) is 3.41. The number of urea groups is 1. The molecule has 1 fully saturated rings. The summed E-state index contributed by atoms with van der Waals surface area (Å²) in [6, 6.07) is 0.825. The number of nitrogens with one attached hydrogen (secondary N) is 2. The van der Waals surface area contributed by atoms with Crippen LogP contribution in [0.2, 0.25) is 10.0 Å². The lowest BCUT2D eigenvalue weighted by Crippen LogP contribution is -2.40. The molecule has 2 N–H and O–H groups in total. The van der Waals surface area contributed by atoms with Crippen LogP contribution < -0.4 is 10.6 Å². The van der Waals surface area contributed by atoms with E-state index in [9.17, 15) is 19.2 Å². The van der Waals surface area contributed by atoms with E-state index in [1.807, 2.05) is 0 Å². The number of imide groups is 1. The number of amides is 4. The second kappa shape index (κ2) is 7.88. The van der Waals surface area contributed by atoms with Crippen LogP contribution in [0, 0.1) is 0 Å². The van der Waals surface area contributed by atoms with E-state index in [0.717, 1.165) is 4.90 Å². The molecule has 0 atom stereocenters. The molecule has 1 aromatic heterocycles. The van der Waals surface area contributed by atoms with Crippen LogP contribution in [0.15, 0.2) is 12.3 Å². The Hall–Kier alpha value is -2.39. The quantitative estimate of drug-likeness (QED) is 0.550. The van der Waals surface area contributed by atoms with E-state index in [1.54, 1.807) is 13.8 Å². The number of hydrogen-bond acceptors (Lipinski definition) is 6. The Morgan fingerprint density at radius 2 is 2.04 bits per heavy atom. The second-order valence-electron chi connectivity index (χ2n) is 5.95. The normalized spacial score (nSPS) is 15.6. The topological polar surface area (TPSA) is 118 Å². The zero-order chi connectivity index (χ0) is 19.5.